The Labute approximate surface area is 205 Å². The van der Waals surface area contributed by atoms with Gasteiger partial charge in [-0.05, 0) is 73.7 Å². The first-order chi connectivity index (χ1) is 16.9. The molecule has 0 aliphatic heterocycles. The van der Waals surface area contributed by atoms with Crippen LogP contribution in [0, 0.1) is 6.92 Å². The maximum Gasteiger partial charge on any atom is 0.255 e. The van der Waals surface area contributed by atoms with Crippen LogP contribution in [0.1, 0.15) is 16.1 Å². The summed E-state index contributed by atoms with van der Waals surface area (Å²) in [5.41, 5.74) is 4.79. The lowest BCUT2D eigenvalue weighted by Gasteiger charge is -2.14. The Hall–Kier alpha value is -4.59. The van der Waals surface area contributed by atoms with Gasteiger partial charge in [-0.1, -0.05) is 6.07 Å². The Bertz CT molecular complexity index is 1300. The first kappa shape index (κ1) is 23.6. The second kappa shape index (κ2) is 10.6. The number of carbonyl (C=O) groups is 1. The molecule has 4 aromatic rings. The molecule has 0 aliphatic carbocycles. The third kappa shape index (κ3) is 6.26. The van der Waals surface area contributed by atoms with E-state index in [4.69, 9.17) is 4.74 Å². The van der Waals surface area contributed by atoms with Gasteiger partial charge in [-0.25, -0.2) is 4.98 Å². The van der Waals surface area contributed by atoms with Gasteiger partial charge in [0.05, 0.1) is 7.11 Å². The summed E-state index contributed by atoms with van der Waals surface area (Å²) < 4.78 is 5.20. The Balaban J connectivity index is 1.41. The zero-order valence-corrected chi connectivity index (χ0v) is 20.2. The monoisotopic (exact) mass is 468 g/mol. The quantitative estimate of drug-likeness (QED) is 0.310. The smallest absolute Gasteiger partial charge is 0.255 e. The van der Waals surface area contributed by atoms with Crippen molar-refractivity contribution in [3.05, 3.63) is 90.1 Å². The molecule has 178 valence electrons. The van der Waals surface area contributed by atoms with Crippen molar-refractivity contribution in [2.75, 3.05) is 42.1 Å². The molecule has 3 aromatic carbocycles. The maximum absolute atomic E-state index is 12.6. The minimum Gasteiger partial charge on any atom is -0.497 e. The number of anilines is 6. The van der Waals surface area contributed by atoms with Crippen molar-refractivity contribution in [3.8, 4) is 5.75 Å². The molecule has 0 bridgehead atoms. The molecule has 0 unspecified atom stereocenters. The minimum atomic E-state index is -0.161. The second-order valence-corrected chi connectivity index (χ2v) is 8.17. The molecule has 1 aromatic heterocycles. The summed E-state index contributed by atoms with van der Waals surface area (Å²) in [5.74, 6) is 1.77. The highest BCUT2D eigenvalue weighted by Gasteiger charge is 2.09. The molecule has 0 spiro atoms. The molecular weight excluding hydrogens is 440 g/mol. The van der Waals surface area contributed by atoms with Crippen LogP contribution in [0.2, 0.25) is 0 Å². The van der Waals surface area contributed by atoms with Crippen molar-refractivity contribution in [3.63, 3.8) is 0 Å². The molecule has 0 atom stereocenters. The van der Waals surface area contributed by atoms with Crippen molar-refractivity contribution in [1.29, 1.82) is 0 Å². The van der Waals surface area contributed by atoms with Gasteiger partial charge in [0.1, 0.15) is 11.6 Å². The van der Waals surface area contributed by atoms with E-state index in [2.05, 4.69) is 25.9 Å². The van der Waals surface area contributed by atoms with Crippen molar-refractivity contribution in [1.82, 2.24) is 9.97 Å². The Morgan fingerprint density at radius 3 is 2.17 bits per heavy atom. The molecule has 0 fully saturated rings. The van der Waals surface area contributed by atoms with E-state index in [0.29, 0.717) is 23.0 Å². The summed E-state index contributed by atoms with van der Waals surface area (Å²) >= 11 is 0. The number of aromatic nitrogens is 2. The van der Waals surface area contributed by atoms with Gasteiger partial charge in [-0.2, -0.15) is 4.98 Å². The van der Waals surface area contributed by atoms with Gasteiger partial charge < -0.3 is 25.6 Å². The summed E-state index contributed by atoms with van der Waals surface area (Å²) in [4.78, 5) is 23.6. The van der Waals surface area contributed by atoms with Crippen LogP contribution in [-0.2, 0) is 0 Å². The lowest BCUT2D eigenvalue weighted by molar-refractivity contribution is 0.102. The molecule has 1 heterocycles. The van der Waals surface area contributed by atoms with Gasteiger partial charge >= 0.3 is 0 Å². The number of hydrogen-bond donors (Lipinski definition) is 3. The Morgan fingerprint density at radius 2 is 1.49 bits per heavy atom. The fraction of sp³-hybridized carbons (Fsp3) is 0.148. The number of hydrogen-bond acceptors (Lipinski definition) is 7. The standard InChI is InChI=1S/C27H28N6O2/c1-18-16-25(29-20-12-14-24(35-4)15-13-20)32-27(28-18)31-22-10-8-21(9-11-22)30-26(34)19-6-5-7-23(17-19)33(2)3/h5-17H,1-4H3,(H,30,34)(H2,28,29,31,32). The van der Waals surface area contributed by atoms with E-state index in [1.807, 2.05) is 98.7 Å². The van der Waals surface area contributed by atoms with Crippen molar-refractivity contribution in [2.24, 2.45) is 0 Å². The number of methoxy groups -OCH3 is 1. The summed E-state index contributed by atoms with van der Waals surface area (Å²) in [5, 5.41) is 9.44. The lowest BCUT2D eigenvalue weighted by Crippen LogP contribution is -2.14. The second-order valence-electron chi connectivity index (χ2n) is 8.17. The molecule has 0 saturated carbocycles. The molecule has 8 nitrogen and oxygen atoms in total. The van der Waals surface area contributed by atoms with E-state index in [9.17, 15) is 4.79 Å². The molecule has 4 rings (SSSR count). The zero-order chi connectivity index (χ0) is 24.8. The maximum atomic E-state index is 12.6. The first-order valence-electron chi connectivity index (χ1n) is 11.1. The van der Waals surface area contributed by atoms with Gasteiger partial charge in [-0.15, -0.1) is 0 Å². The number of nitrogens with one attached hydrogen (secondary N) is 3. The number of benzene rings is 3. The van der Waals surface area contributed by atoms with Gasteiger partial charge in [0.2, 0.25) is 5.95 Å². The van der Waals surface area contributed by atoms with Crippen LogP contribution in [0.4, 0.5) is 34.5 Å². The Morgan fingerprint density at radius 1 is 0.829 bits per heavy atom. The molecule has 35 heavy (non-hydrogen) atoms. The predicted molar refractivity (Wildman–Crippen MR) is 141 cm³/mol. The Kier molecular flexibility index (Phi) is 7.11. The van der Waals surface area contributed by atoms with Crippen LogP contribution in [0.15, 0.2) is 78.9 Å². The van der Waals surface area contributed by atoms with E-state index in [-0.39, 0.29) is 5.91 Å². The minimum absolute atomic E-state index is 0.161. The normalized spacial score (nSPS) is 10.4. The first-order valence-corrected chi connectivity index (χ1v) is 11.1. The molecule has 8 heteroatoms. The predicted octanol–water partition coefficient (Wildman–Crippen LogP) is 5.60. The molecular formula is C27H28N6O2. The number of nitrogens with zero attached hydrogens (tertiary/aromatic N) is 3. The summed E-state index contributed by atoms with van der Waals surface area (Å²) in [6.07, 6.45) is 0. The fourth-order valence-corrected chi connectivity index (χ4v) is 3.41. The fourth-order valence-electron chi connectivity index (χ4n) is 3.41. The molecule has 0 radical (unpaired) electrons. The van der Waals surface area contributed by atoms with Crippen LogP contribution in [0.25, 0.3) is 0 Å². The van der Waals surface area contributed by atoms with Crippen LogP contribution in [0.3, 0.4) is 0 Å². The van der Waals surface area contributed by atoms with E-state index in [1.54, 1.807) is 13.2 Å². The average Bonchev–Trinajstić information content (AvgIpc) is 2.85. The molecule has 0 saturated heterocycles. The van der Waals surface area contributed by atoms with Crippen LogP contribution in [-0.4, -0.2) is 37.1 Å². The van der Waals surface area contributed by atoms with Crippen molar-refractivity contribution < 1.29 is 9.53 Å². The third-order valence-corrected chi connectivity index (χ3v) is 5.24. The van der Waals surface area contributed by atoms with Crippen molar-refractivity contribution in [2.45, 2.75) is 6.92 Å². The number of ether oxygens (including phenoxy) is 1. The van der Waals surface area contributed by atoms with Gasteiger partial charge in [0.25, 0.3) is 5.91 Å². The van der Waals surface area contributed by atoms with Crippen molar-refractivity contribution >= 4 is 40.4 Å². The van der Waals surface area contributed by atoms with Gasteiger partial charge in [0.15, 0.2) is 0 Å². The molecule has 0 aliphatic rings. The third-order valence-electron chi connectivity index (χ3n) is 5.24. The van der Waals surface area contributed by atoms with Crippen LogP contribution in [0.5, 0.6) is 5.75 Å². The topological polar surface area (TPSA) is 91.4 Å². The molecule has 1 amide bonds. The SMILES string of the molecule is COc1ccc(Nc2cc(C)nc(Nc3ccc(NC(=O)c4cccc(N(C)C)c4)cc3)n2)cc1. The van der Waals surface area contributed by atoms with Crippen LogP contribution >= 0.6 is 0 Å². The highest BCUT2D eigenvalue weighted by molar-refractivity contribution is 6.04. The highest BCUT2D eigenvalue weighted by Crippen LogP contribution is 2.22. The summed E-state index contributed by atoms with van der Waals surface area (Å²) in [6.45, 7) is 1.91. The summed E-state index contributed by atoms with van der Waals surface area (Å²) in [6, 6.07) is 24.4. The number of carbonyl (C=O) groups excluding carboxylic acids is 1. The average molecular weight is 469 g/mol. The highest BCUT2D eigenvalue weighted by atomic mass is 16.5. The van der Waals surface area contributed by atoms with E-state index >= 15 is 0 Å². The zero-order valence-electron chi connectivity index (χ0n) is 20.2. The summed E-state index contributed by atoms with van der Waals surface area (Å²) in [7, 11) is 5.52. The largest absolute Gasteiger partial charge is 0.497 e. The number of aryl methyl sites for hydroxylation is 1. The van der Waals surface area contributed by atoms with Gasteiger partial charge in [-0.3, -0.25) is 4.79 Å². The number of amides is 1. The van der Waals surface area contributed by atoms with E-state index in [0.717, 1.165) is 28.5 Å². The number of rotatable bonds is 8. The van der Waals surface area contributed by atoms with E-state index < -0.39 is 0 Å². The van der Waals surface area contributed by atoms with Gasteiger partial charge in [0, 0.05) is 54.2 Å². The molecule has 3 N–H and O–H groups in total. The van der Waals surface area contributed by atoms with E-state index in [1.165, 1.54) is 0 Å². The van der Waals surface area contributed by atoms with Crippen LogP contribution < -0.4 is 25.6 Å². The lowest BCUT2D eigenvalue weighted by atomic mass is 10.1.